The maximum Gasteiger partial charge on any atom is 0.355 e. The van der Waals surface area contributed by atoms with Crippen molar-refractivity contribution in [3.8, 4) is 5.75 Å². The molecule has 0 fully saturated rings. The highest BCUT2D eigenvalue weighted by molar-refractivity contribution is 7.12. The highest BCUT2D eigenvalue weighted by atomic mass is 32.1. The van der Waals surface area contributed by atoms with Crippen molar-refractivity contribution in [3.63, 3.8) is 0 Å². The third kappa shape index (κ3) is 3.33. The Hall–Kier alpha value is -2.41. The number of aromatic carboxylic acids is 1. The van der Waals surface area contributed by atoms with Gasteiger partial charge in [0, 0.05) is 11.1 Å². The zero-order valence-corrected chi connectivity index (χ0v) is 11.4. The SMILES string of the molecule is CCOc1ccc(NC(=O)c2nc(C(=O)O)cs2)cc1. The lowest BCUT2D eigenvalue weighted by molar-refractivity contribution is 0.0691. The largest absolute Gasteiger partial charge is 0.494 e. The number of aromatic nitrogens is 1. The second-order valence-electron chi connectivity index (χ2n) is 3.75. The van der Waals surface area contributed by atoms with Crippen LogP contribution in [0.4, 0.5) is 5.69 Å². The Morgan fingerprint density at radius 3 is 2.60 bits per heavy atom. The van der Waals surface area contributed by atoms with Crippen LogP contribution in [-0.4, -0.2) is 28.6 Å². The van der Waals surface area contributed by atoms with Gasteiger partial charge in [0.05, 0.1) is 6.61 Å². The molecule has 0 aliphatic rings. The van der Waals surface area contributed by atoms with E-state index in [0.717, 1.165) is 11.3 Å². The van der Waals surface area contributed by atoms with Crippen LogP contribution >= 0.6 is 11.3 Å². The second-order valence-corrected chi connectivity index (χ2v) is 4.61. The lowest BCUT2D eigenvalue weighted by atomic mass is 10.3. The van der Waals surface area contributed by atoms with Crippen LogP contribution in [0, 0.1) is 0 Å². The van der Waals surface area contributed by atoms with Gasteiger partial charge in [0.15, 0.2) is 10.7 Å². The van der Waals surface area contributed by atoms with Crippen molar-refractivity contribution in [2.75, 3.05) is 11.9 Å². The van der Waals surface area contributed by atoms with Crippen molar-refractivity contribution < 1.29 is 19.4 Å². The summed E-state index contributed by atoms with van der Waals surface area (Å²) < 4.78 is 5.29. The van der Waals surface area contributed by atoms with Gasteiger partial charge in [-0.3, -0.25) is 4.79 Å². The zero-order chi connectivity index (χ0) is 14.5. The van der Waals surface area contributed by atoms with Gasteiger partial charge in [0.1, 0.15) is 5.75 Å². The van der Waals surface area contributed by atoms with E-state index in [1.165, 1.54) is 5.38 Å². The Morgan fingerprint density at radius 1 is 1.35 bits per heavy atom. The molecule has 7 heteroatoms. The molecule has 0 saturated carbocycles. The maximum atomic E-state index is 11.9. The van der Waals surface area contributed by atoms with E-state index in [0.29, 0.717) is 18.0 Å². The minimum absolute atomic E-state index is 0.108. The number of nitrogens with zero attached hydrogens (tertiary/aromatic N) is 1. The Labute approximate surface area is 119 Å². The Morgan fingerprint density at radius 2 is 2.05 bits per heavy atom. The van der Waals surface area contributed by atoms with Gasteiger partial charge >= 0.3 is 5.97 Å². The predicted octanol–water partition coefficient (Wildman–Crippen LogP) is 2.49. The summed E-state index contributed by atoms with van der Waals surface area (Å²) in [5, 5.41) is 12.8. The summed E-state index contributed by atoms with van der Waals surface area (Å²) in [6.45, 7) is 2.46. The fourth-order valence-corrected chi connectivity index (χ4v) is 2.15. The van der Waals surface area contributed by atoms with Crippen LogP contribution in [0.1, 0.15) is 27.2 Å². The smallest absolute Gasteiger partial charge is 0.355 e. The van der Waals surface area contributed by atoms with E-state index in [1.54, 1.807) is 24.3 Å². The quantitative estimate of drug-likeness (QED) is 0.883. The van der Waals surface area contributed by atoms with E-state index < -0.39 is 11.9 Å². The Kier molecular flexibility index (Phi) is 4.31. The summed E-state index contributed by atoms with van der Waals surface area (Å²) in [6, 6.07) is 6.89. The van der Waals surface area contributed by atoms with E-state index >= 15 is 0 Å². The number of carbonyl (C=O) groups is 2. The first kappa shape index (κ1) is 14.0. The summed E-state index contributed by atoms with van der Waals surface area (Å²) >= 11 is 0.988. The number of hydrogen-bond donors (Lipinski definition) is 2. The van der Waals surface area contributed by atoms with Gasteiger partial charge in [-0.15, -0.1) is 11.3 Å². The van der Waals surface area contributed by atoms with Crippen molar-refractivity contribution in [1.82, 2.24) is 4.98 Å². The standard InChI is InChI=1S/C13H12N2O4S/c1-2-19-9-5-3-8(4-6-9)14-11(16)12-15-10(7-20-12)13(17)18/h3-7H,2H2,1H3,(H,14,16)(H,17,18). The highest BCUT2D eigenvalue weighted by Crippen LogP contribution is 2.17. The molecule has 0 atom stereocenters. The molecule has 1 heterocycles. The van der Waals surface area contributed by atoms with E-state index in [9.17, 15) is 9.59 Å². The molecule has 1 aromatic carbocycles. The molecule has 0 spiro atoms. The number of amides is 1. The minimum atomic E-state index is -1.15. The van der Waals surface area contributed by atoms with Crippen molar-refractivity contribution >= 4 is 28.9 Å². The minimum Gasteiger partial charge on any atom is -0.494 e. The molecule has 0 radical (unpaired) electrons. The zero-order valence-electron chi connectivity index (χ0n) is 10.6. The number of anilines is 1. The van der Waals surface area contributed by atoms with Gasteiger partial charge in [-0.25, -0.2) is 9.78 Å². The second kappa shape index (κ2) is 6.16. The molecule has 1 amide bonds. The van der Waals surface area contributed by atoms with E-state index in [-0.39, 0.29) is 10.7 Å². The molecule has 0 aliphatic carbocycles. The molecule has 20 heavy (non-hydrogen) atoms. The Bertz CT molecular complexity index is 622. The monoisotopic (exact) mass is 292 g/mol. The lowest BCUT2D eigenvalue weighted by Crippen LogP contribution is -2.12. The molecule has 0 bridgehead atoms. The third-order valence-corrected chi connectivity index (χ3v) is 3.18. The van der Waals surface area contributed by atoms with E-state index in [2.05, 4.69) is 10.3 Å². The number of nitrogens with one attached hydrogen (secondary N) is 1. The summed E-state index contributed by atoms with van der Waals surface area (Å²) in [6.07, 6.45) is 0. The third-order valence-electron chi connectivity index (χ3n) is 2.34. The van der Waals surface area contributed by atoms with E-state index in [1.807, 2.05) is 6.92 Å². The first-order chi connectivity index (χ1) is 9.60. The van der Waals surface area contributed by atoms with Crippen molar-refractivity contribution in [3.05, 3.63) is 40.3 Å². The summed E-state index contributed by atoms with van der Waals surface area (Å²) in [4.78, 5) is 26.3. The van der Waals surface area contributed by atoms with Crippen molar-refractivity contribution in [2.24, 2.45) is 0 Å². The fourth-order valence-electron chi connectivity index (χ4n) is 1.46. The fraction of sp³-hybridized carbons (Fsp3) is 0.154. The number of thiazole rings is 1. The number of rotatable bonds is 5. The van der Waals surface area contributed by atoms with Gasteiger partial charge in [-0.2, -0.15) is 0 Å². The number of benzene rings is 1. The summed E-state index contributed by atoms with van der Waals surface area (Å²) in [7, 11) is 0. The summed E-state index contributed by atoms with van der Waals surface area (Å²) in [5.41, 5.74) is 0.456. The lowest BCUT2D eigenvalue weighted by Gasteiger charge is -2.05. The molecule has 2 N–H and O–H groups in total. The number of hydrogen-bond acceptors (Lipinski definition) is 5. The predicted molar refractivity (Wildman–Crippen MR) is 74.6 cm³/mol. The molecule has 0 saturated heterocycles. The van der Waals surface area contributed by atoms with Gasteiger partial charge in [0.2, 0.25) is 0 Å². The van der Waals surface area contributed by atoms with Gasteiger partial charge in [0.25, 0.3) is 5.91 Å². The average molecular weight is 292 g/mol. The van der Waals surface area contributed by atoms with E-state index in [4.69, 9.17) is 9.84 Å². The van der Waals surface area contributed by atoms with Crippen molar-refractivity contribution in [1.29, 1.82) is 0 Å². The molecule has 0 aliphatic heterocycles. The van der Waals surface area contributed by atoms with Crippen LogP contribution in [0.5, 0.6) is 5.75 Å². The average Bonchev–Trinajstić information content (AvgIpc) is 2.91. The number of carboxylic acid groups (broad SMARTS) is 1. The normalized spacial score (nSPS) is 10.1. The molecule has 2 aromatic rings. The van der Waals surface area contributed by atoms with Crippen LogP contribution in [0.25, 0.3) is 0 Å². The molecule has 104 valence electrons. The number of carbonyl (C=O) groups excluding carboxylic acids is 1. The van der Waals surface area contributed by atoms with Gasteiger partial charge < -0.3 is 15.2 Å². The topological polar surface area (TPSA) is 88.5 Å². The van der Waals surface area contributed by atoms with Crippen LogP contribution < -0.4 is 10.1 Å². The van der Waals surface area contributed by atoms with Gasteiger partial charge in [-0.1, -0.05) is 0 Å². The number of carboxylic acids is 1. The van der Waals surface area contributed by atoms with Crippen LogP contribution in [0.15, 0.2) is 29.6 Å². The molecule has 0 unspecified atom stereocenters. The molecular formula is C13H12N2O4S. The molecular weight excluding hydrogens is 280 g/mol. The van der Waals surface area contributed by atoms with Crippen LogP contribution in [0.3, 0.4) is 0 Å². The Balaban J connectivity index is 2.04. The molecule has 1 aromatic heterocycles. The summed E-state index contributed by atoms with van der Waals surface area (Å²) in [5.74, 6) is -0.874. The molecule has 6 nitrogen and oxygen atoms in total. The first-order valence-electron chi connectivity index (χ1n) is 5.83. The van der Waals surface area contributed by atoms with Crippen molar-refractivity contribution in [2.45, 2.75) is 6.92 Å². The number of ether oxygens (including phenoxy) is 1. The highest BCUT2D eigenvalue weighted by Gasteiger charge is 2.14. The van der Waals surface area contributed by atoms with Crippen LogP contribution in [0.2, 0.25) is 0 Å². The van der Waals surface area contributed by atoms with Crippen LogP contribution in [-0.2, 0) is 0 Å². The maximum absolute atomic E-state index is 11.9. The molecule has 2 rings (SSSR count). The first-order valence-corrected chi connectivity index (χ1v) is 6.71. The van der Waals surface area contributed by atoms with Gasteiger partial charge in [-0.05, 0) is 31.2 Å².